The second-order valence-corrected chi connectivity index (χ2v) is 4.09. The highest BCUT2D eigenvalue weighted by Gasteiger charge is 2.22. The number of nitrogens with one attached hydrogen (secondary N) is 2. The number of aromatic hydroxyl groups is 1. The van der Waals surface area contributed by atoms with E-state index in [9.17, 15) is 9.59 Å². The average molecular weight is 276 g/mol. The molecule has 0 unspecified atom stereocenters. The number of phenolic OH excluding ortho intramolecular Hbond substituents is 1. The fourth-order valence-corrected chi connectivity index (χ4v) is 1.61. The third-order valence-corrected chi connectivity index (χ3v) is 2.63. The van der Waals surface area contributed by atoms with Crippen LogP contribution in [0.5, 0.6) is 5.75 Å². The Morgan fingerprint density at radius 1 is 1.30 bits per heavy atom. The van der Waals surface area contributed by atoms with Crippen molar-refractivity contribution in [2.45, 2.75) is 12.5 Å². The number of aliphatic carboxylic acids is 1. The normalized spacial score (nSPS) is 11.8. The van der Waals surface area contributed by atoms with Crippen LogP contribution in [0.1, 0.15) is 16.1 Å². The van der Waals surface area contributed by atoms with Gasteiger partial charge in [0.1, 0.15) is 11.8 Å². The molecule has 1 aromatic carbocycles. The van der Waals surface area contributed by atoms with Gasteiger partial charge in [0.15, 0.2) is 5.69 Å². The Hall–Kier alpha value is -2.90. The van der Waals surface area contributed by atoms with Gasteiger partial charge in [-0.05, 0) is 17.7 Å². The maximum atomic E-state index is 11.7. The van der Waals surface area contributed by atoms with E-state index in [2.05, 4.69) is 20.7 Å². The third-order valence-electron chi connectivity index (χ3n) is 2.63. The number of carboxylic acid groups (broad SMARTS) is 1. The molecule has 0 aliphatic rings. The van der Waals surface area contributed by atoms with Crippen molar-refractivity contribution in [2.75, 3.05) is 0 Å². The van der Waals surface area contributed by atoms with Crippen molar-refractivity contribution in [3.05, 3.63) is 41.7 Å². The number of carbonyl (C=O) groups is 2. The molecule has 0 aliphatic heterocycles. The van der Waals surface area contributed by atoms with Gasteiger partial charge in [0, 0.05) is 6.42 Å². The van der Waals surface area contributed by atoms with Crippen molar-refractivity contribution < 1.29 is 19.8 Å². The lowest BCUT2D eigenvalue weighted by Gasteiger charge is -2.13. The summed E-state index contributed by atoms with van der Waals surface area (Å²) in [7, 11) is 0. The molecule has 4 N–H and O–H groups in total. The molecule has 1 heterocycles. The average Bonchev–Trinajstić information content (AvgIpc) is 2.94. The summed E-state index contributed by atoms with van der Waals surface area (Å²) >= 11 is 0. The number of carbonyl (C=O) groups excluding carboxylic acids is 1. The Balaban J connectivity index is 2.06. The molecule has 8 nitrogen and oxygen atoms in total. The van der Waals surface area contributed by atoms with Crippen LogP contribution in [0.25, 0.3) is 0 Å². The highest BCUT2D eigenvalue weighted by molar-refractivity contribution is 5.94. The largest absolute Gasteiger partial charge is 0.508 e. The van der Waals surface area contributed by atoms with Crippen LogP contribution in [-0.4, -0.2) is 43.5 Å². The first-order valence-electron chi connectivity index (χ1n) is 5.73. The molecule has 8 heteroatoms. The number of nitrogens with zero attached hydrogens (tertiary/aromatic N) is 2. The van der Waals surface area contributed by atoms with E-state index in [1.54, 1.807) is 12.1 Å². The summed E-state index contributed by atoms with van der Waals surface area (Å²) in [5.41, 5.74) is 0.692. The molecule has 2 rings (SSSR count). The van der Waals surface area contributed by atoms with Crippen molar-refractivity contribution in [3.8, 4) is 5.75 Å². The maximum absolute atomic E-state index is 11.7. The molecule has 20 heavy (non-hydrogen) atoms. The van der Waals surface area contributed by atoms with Gasteiger partial charge in [0.05, 0.1) is 6.20 Å². The van der Waals surface area contributed by atoms with Gasteiger partial charge < -0.3 is 15.5 Å². The second kappa shape index (κ2) is 5.83. The van der Waals surface area contributed by atoms with Crippen LogP contribution in [0.15, 0.2) is 30.5 Å². The highest BCUT2D eigenvalue weighted by atomic mass is 16.4. The molecule has 1 atom stereocenters. The number of carboxylic acids is 1. The van der Waals surface area contributed by atoms with Crippen molar-refractivity contribution in [1.82, 2.24) is 20.7 Å². The number of phenols is 1. The van der Waals surface area contributed by atoms with E-state index in [1.807, 2.05) is 0 Å². The molecule has 0 saturated carbocycles. The first-order chi connectivity index (χ1) is 9.56. The lowest BCUT2D eigenvalue weighted by molar-refractivity contribution is -0.139. The third kappa shape index (κ3) is 3.31. The van der Waals surface area contributed by atoms with Crippen LogP contribution in [-0.2, 0) is 11.2 Å². The lowest BCUT2D eigenvalue weighted by Crippen LogP contribution is -2.42. The number of aromatic nitrogens is 3. The summed E-state index contributed by atoms with van der Waals surface area (Å²) in [6.07, 6.45) is 1.30. The fraction of sp³-hybridized carbons (Fsp3) is 0.167. The molecule has 0 fully saturated rings. The topological polar surface area (TPSA) is 128 Å². The minimum atomic E-state index is -1.16. The van der Waals surface area contributed by atoms with E-state index in [0.717, 1.165) is 0 Å². The highest BCUT2D eigenvalue weighted by Crippen LogP contribution is 2.11. The van der Waals surface area contributed by atoms with Gasteiger partial charge in [0.25, 0.3) is 5.91 Å². The van der Waals surface area contributed by atoms with Gasteiger partial charge >= 0.3 is 5.97 Å². The number of rotatable bonds is 5. The summed E-state index contributed by atoms with van der Waals surface area (Å²) in [4.78, 5) is 22.9. The van der Waals surface area contributed by atoms with E-state index < -0.39 is 17.9 Å². The molecule has 0 spiro atoms. The Morgan fingerprint density at radius 2 is 2.00 bits per heavy atom. The smallest absolute Gasteiger partial charge is 0.326 e. The SMILES string of the molecule is O=C(N[C@H](Cc1ccc(O)cc1)C(=O)O)c1cn[nH]n1. The van der Waals surface area contributed by atoms with E-state index >= 15 is 0 Å². The standard InChI is InChI=1S/C12H12N4O4/c17-8-3-1-7(2-4-8)5-9(12(19)20)14-11(18)10-6-13-16-15-10/h1-4,6,9,17H,5H2,(H,14,18)(H,19,20)(H,13,15,16)/t9-/m1/s1. The Labute approximate surface area is 113 Å². The zero-order valence-electron chi connectivity index (χ0n) is 10.3. The van der Waals surface area contributed by atoms with Gasteiger partial charge in [-0.15, -0.1) is 0 Å². The van der Waals surface area contributed by atoms with E-state index in [4.69, 9.17) is 10.2 Å². The molecule has 104 valence electrons. The summed E-state index contributed by atoms with van der Waals surface area (Å²) in [6.45, 7) is 0. The minimum absolute atomic E-state index is 0.0157. The first-order valence-corrected chi connectivity index (χ1v) is 5.73. The van der Waals surface area contributed by atoms with Crippen LogP contribution in [0.2, 0.25) is 0 Å². The summed E-state index contributed by atoms with van der Waals surface area (Å²) in [5, 5.41) is 30.0. The zero-order valence-corrected chi connectivity index (χ0v) is 10.3. The number of hydrogen-bond acceptors (Lipinski definition) is 5. The number of aromatic amines is 1. The predicted octanol–water partition coefficient (Wildman–Crippen LogP) is -0.0640. The predicted molar refractivity (Wildman–Crippen MR) is 67.1 cm³/mol. The van der Waals surface area contributed by atoms with E-state index in [1.165, 1.54) is 18.3 Å². The summed E-state index contributed by atoms with van der Waals surface area (Å²) in [5.74, 6) is -1.69. The van der Waals surface area contributed by atoms with E-state index in [0.29, 0.717) is 5.56 Å². The Bertz CT molecular complexity index is 594. The molecule has 0 bridgehead atoms. The van der Waals surface area contributed by atoms with Gasteiger partial charge in [-0.1, -0.05) is 12.1 Å². The minimum Gasteiger partial charge on any atom is -0.508 e. The molecule has 2 aromatic rings. The molecule has 1 amide bonds. The molecule has 0 radical (unpaired) electrons. The van der Waals surface area contributed by atoms with Gasteiger partial charge in [-0.25, -0.2) is 4.79 Å². The first kappa shape index (κ1) is 13.5. The molecule has 1 aromatic heterocycles. The van der Waals surface area contributed by atoms with Crippen LogP contribution in [0, 0.1) is 0 Å². The van der Waals surface area contributed by atoms with E-state index in [-0.39, 0.29) is 17.9 Å². The van der Waals surface area contributed by atoms with Gasteiger partial charge in [-0.2, -0.15) is 15.4 Å². The molecule has 0 aliphatic carbocycles. The van der Waals surface area contributed by atoms with Crippen LogP contribution in [0.3, 0.4) is 0 Å². The monoisotopic (exact) mass is 276 g/mol. The van der Waals surface area contributed by atoms with Gasteiger partial charge in [0.2, 0.25) is 0 Å². The zero-order chi connectivity index (χ0) is 14.5. The van der Waals surface area contributed by atoms with Crippen LogP contribution >= 0.6 is 0 Å². The number of benzene rings is 1. The number of hydrogen-bond donors (Lipinski definition) is 4. The summed E-state index contributed by atoms with van der Waals surface area (Å²) < 4.78 is 0. The summed E-state index contributed by atoms with van der Waals surface area (Å²) in [6, 6.07) is 4.99. The Kier molecular flexibility index (Phi) is 3.94. The molecular formula is C12H12N4O4. The van der Waals surface area contributed by atoms with Crippen LogP contribution < -0.4 is 5.32 Å². The maximum Gasteiger partial charge on any atom is 0.326 e. The molecule has 0 saturated heterocycles. The van der Waals surface area contributed by atoms with Crippen molar-refractivity contribution in [2.24, 2.45) is 0 Å². The quantitative estimate of drug-likeness (QED) is 0.605. The Morgan fingerprint density at radius 3 is 2.55 bits per heavy atom. The fourth-order valence-electron chi connectivity index (χ4n) is 1.61. The second-order valence-electron chi connectivity index (χ2n) is 4.09. The number of amides is 1. The van der Waals surface area contributed by atoms with Gasteiger partial charge in [-0.3, -0.25) is 4.79 Å². The van der Waals surface area contributed by atoms with Crippen molar-refractivity contribution in [1.29, 1.82) is 0 Å². The van der Waals surface area contributed by atoms with Crippen molar-refractivity contribution >= 4 is 11.9 Å². The molecular weight excluding hydrogens is 264 g/mol. The van der Waals surface area contributed by atoms with Crippen molar-refractivity contribution in [3.63, 3.8) is 0 Å². The lowest BCUT2D eigenvalue weighted by atomic mass is 10.1. The van der Waals surface area contributed by atoms with Crippen LogP contribution in [0.4, 0.5) is 0 Å². The number of H-pyrrole nitrogens is 1.